The number of rotatable bonds is 5. The maximum atomic E-state index is 12.7. The second-order valence-electron chi connectivity index (χ2n) is 4.95. The zero-order chi connectivity index (χ0) is 14.8. The summed E-state index contributed by atoms with van der Waals surface area (Å²) >= 11 is 3.25. The number of hydrogen-bond acceptors (Lipinski definition) is 5. The van der Waals surface area contributed by atoms with Crippen molar-refractivity contribution in [2.75, 3.05) is 18.5 Å². The first-order valence-corrected chi connectivity index (χ1v) is 8.84. The Kier molecular flexibility index (Phi) is 5.00. The van der Waals surface area contributed by atoms with Crippen molar-refractivity contribution in [2.24, 2.45) is 11.8 Å². The Morgan fingerprint density at radius 2 is 2.35 bits per heavy atom. The van der Waals surface area contributed by atoms with Gasteiger partial charge in [0.15, 0.2) is 5.82 Å². The summed E-state index contributed by atoms with van der Waals surface area (Å²) in [7, 11) is -3.56. The van der Waals surface area contributed by atoms with Gasteiger partial charge in [-0.15, -0.1) is 0 Å². The first kappa shape index (κ1) is 15.7. The Morgan fingerprint density at radius 3 is 3.00 bits per heavy atom. The van der Waals surface area contributed by atoms with Crippen LogP contribution >= 0.6 is 15.9 Å². The van der Waals surface area contributed by atoms with E-state index in [9.17, 15) is 8.42 Å². The Bertz CT molecular complexity index is 579. The Hall–Kier alpha value is -0.700. The quantitative estimate of drug-likeness (QED) is 0.617. The van der Waals surface area contributed by atoms with E-state index in [1.165, 1.54) is 16.6 Å². The van der Waals surface area contributed by atoms with E-state index in [0.717, 1.165) is 19.3 Å². The average molecular weight is 363 g/mol. The molecule has 2 rings (SSSR count). The highest BCUT2D eigenvalue weighted by atomic mass is 79.9. The highest BCUT2D eigenvalue weighted by Crippen LogP contribution is 2.30. The van der Waals surface area contributed by atoms with Gasteiger partial charge in [-0.2, -0.15) is 4.31 Å². The van der Waals surface area contributed by atoms with Gasteiger partial charge in [-0.3, -0.25) is 0 Å². The molecule has 0 aromatic carbocycles. The molecule has 1 aromatic rings. The molecule has 20 heavy (non-hydrogen) atoms. The summed E-state index contributed by atoms with van der Waals surface area (Å²) in [5.41, 5.74) is 2.35. The molecule has 0 radical (unpaired) electrons. The Balaban J connectivity index is 2.29. The van der Waals surface area contributed by atoms with Crippen LogP contribution in [0.25, 0.3) is 0 Å². The van der Waals surface area contributed by atoms with E-state index >= 15 is 0 Å². The number of pyridine rings is 1. The highest BCUT2D eigenvalue weighted by Gasteiger charge is 2.34. The normalized spacial score (nSPS) is 20.2. The Morgan fingerprint density at radius 1 is 1.60 bits per heavy atom. The fraction of sp³-hybridized carbons (Fsp3) is 0.583. The van der Waals surface area contributed by atoms with Gasteiger partial charge in [0.05, 0.1) is 0 Å². The lowest BCUT2D eigenvalue weighted by Gasteiger charge is -2.18. The largest absolute Gasteiger partial charge is 0.307 e. The van der Waals surface area contributed by atoms with Gasteiger partial charge in [0.2, 0.25) is 10.0 Å². The van der Waals surface area contributed by atoms with Gasteiger partial charge in [-0.05, 0) is 40.8 Å². The summed E-state index contributed by atoms with van der Waals surface area (Å²) in [6, 6.07) is 1.53. The van der Waals surface area contributed by atoms with Gasteiger partial charge < -0.3 is 5.43 Å². The molecular weight excluding hydrogens is 344 g/mol. The van der Waals surface area contributed by atoms with Gasteiger partial charge in [-0.1, -0.05) is 13.3 Å². The number of halogens is 1. The molecule has 1 aliphatic heterocycles. The minimum Gasteiger partial charge on any atom is -0.307 e. The van der Waals surface area contributed by atoms with Crippen LogP contribution in [0.3, 0.4) is 0 Å². The third kappa shape index (κ3) is 3.13. The number of nitrogens with two attached hydrogens (primary N) is 1. The molecule has 1 aliphatic rings. The third-order valence-corrected chi connectivity index (χ3v) is 5.83. The van der Waals surface area contributed by atoms with Crippen LogP contribution in [0, 0.1) is 5.92 Å². The lowest BCUT2D eigenvalue weighted by molar-refractivity contribution is 0.444. The molecule has 0 bridgehead atoms. The summed E-state index contributed by atoms with van der Waals surface area (Å²) < 4.78 is 27.5. The molecule has 1 fully saturated rings. The lowest BCUT2D eigenvalue weighted by Crippen LogP contribution is -2.30. The minimum atomic E-state index is -3.56. The fourth-order valence-electron chi connectivity index (χ4n) is 2.52. The van der Waals surface area contributed by atoms with Crippen LogP contribution in [0.2, 0.25) is 0 Å². The van der Waals surface area contributed by atoms with Crippen molar-refractivity contribution in [1.29, 1.82) is 0 Å². The minimum absolute atomic E-state index is 0.117. The zero-order valence-corrected chi connectivity index (χ0v) is 13.7. The number of aromatic nitrogens is 1. The maximum Gasteiger partial charge on any atom is 0.246 e. The topological polar surface area (TPSA) is 88.3 Å². The van der Waals surface area contributed by atoms with Gasteiger partial charge in [0.25, 0.3) is 0 Å². The molecular formula is C12H19BrN4O2S. The molecule has 1 aromatic heterocycles. The van der Waals surface area contributed by atoms with Gasteiger partial charge >= 0.3 is 0 Å². The molecule has 112 valence electrons. The van der Waals surface area contributed by atoms with E-state index in [0.29, 0.717) is 23.5 Å². The van der Waals surface area contributed by atoms with Crippen LogP contribution in [-0.2, 0) is 10.0 Å². The van der Waals surface area contributed by atoms with Crippen molar-refractivity contribution < 1.29 is 8.42 Å². The first-order chi connectivity index (χ1) is 9.48. The number of anilines is 1. The third-order valence-electron chi connectivity index (χ3n) is 3.52. The number of hydrazine groups is 1. The molecule has 0 aliphatic carbocycles. The molecule has 1 atom stereocenters. The molecule has 8 heteroatoms. The van der Waals surface area contributed by atoms with Crippen molar-refractivity contribution in [1.82, 2.24) is 9.29 Å². The van der Waals surface area contributed by atoms with Crippen molar-refractivity contribution in [3.8, 4) is 0 Å². The fourth-order valence-corrected chi connectivity index (χ4v) is 4.67. The summed E-state index contributed by atoms with van der Waals surface area (Å²) in [6.07, 6.45) is 4.56. The molecule has 2 heterocycles. The standard InChI is InChI=1S/C12H19BrN4O2S/c1-2-3-9-4-5-17(8-9)20(18,19)11-6-10(13)7-15-12(11)16-14/h6-7,9H,2-5,8,14H2,1H3,(H,15,16). The second kappa shape index (κ2) is 6.38. The number of nitrogen functional groups attached to an aromatic ring is 1. The summed E-state index contributed by atoms with van der Waals surface area (Å²) in [6.45, 7) is 3.25. The summed E-state index contributed by atoms with van der Waals surface area (Å²) in [5.74, 6) is 5.98. The predicted octanol–water partition coefficient (Wildman–Crippen LogP) is 1.94. The number of sulfonamides is 1. The van der Waals surface area contributed by atoms with E-state index in [4.69, 9.17) is 5.84 Å². The molecule has 3 N–H and O–H groups in total. The average Bonchev–Trinajstić information content (AvgIpc) is 2.88. The molecule has 1 unspecified atom stereocenters. The molecule has 0 spiro atoms. The highest BCUT2D eigenvalue weighted by molar-refractivity contribution is 9.10. The summed E-state index contributed by atoms with van der Waals surface area (Å²) in [5, 5.41) is 0. The van der Waals surface area contributed by atoms with E-state index in [1.54, 1.807) is 0 Å². The van der Waals surface area contributed by atoms with Crippen LogP contribution in [0.1, 0.15) is 26.2 Å². The van der Waals surface area contributed by atoms with E-state index in [2.05, 4.69) is 33.3 Å². The molecule has 1 saturated heterocycles. The molecule has 0 saturated carbocycles. The van der Waals surface area contributed by atoms with Crippen molar-refractivity contribution in [3.05, 3.63) is 16.7 Å². The zero-order valence-electron chi connectivity index (χ0n) is 11.3. The SMILES string of the molecule is CCCC1CCN(S(=O)(=O)c2cc(Br)cnc2NN)C1. The summed E-state index contributed by atoms with van der Waals surface area (Å²) in [4.78, 5) is 4.12. The van der Waals surface area contributed by atoms with Crippen LogP contribution in [0.4, 0.5) is 5.82 Å². The van der Waals surface area contributed by atoms with Gasteiger partial charge in [0, 0.05) is 23.8 Å². The van der Waals surface area contributed by atoms with Crippen molar-refractivity contribution in [2.45, 2.75) is 31.1 Å². The second-order valence-corrected chi connectivity index (χ2v) is 7.77. The number of nitrogens with zero attached hydrogens (tertiary/aromatic N) is 2. The van der Waals surface area contributed by atoms with Crippen LogP contribution in [0.5, 0.6) is 0 Å². The van der Waals surface area contributed by atoms with Crippen LogP contribution in [0.15, 0.2) is 21.6 Å². The van der Waals surface area contributed by atoms with Crippen LogP contribution < -0.4 is 11.3 Å². The smallest absolute Gasteiger partial charge is 0.246 e. The van der Waals surface area contributed by atoms with Crippen LogP contribution in [-0.4, -0.2) is 30.8 Å². The maximum absolute atomic E-state index is 12.7. The first-order valence-electron chi connectivity index (χ1n) is 6.61. The monoisotopic (exact) mass is 362 g/mol. The number of hydrogen-bond donors (Lipinski definition) is 2. The predicted molar refractivity (Wildman–Crippen MR) is 81.5 cm³/mol. The van der Waals surface area contributed by atoms with Crippen molar-refractivity contribution in [3.63, 3.8) is 0 Å². The van der Waals surface area contributed by atoms with Gasteiger partial charge in [-0.25, -0.2) is 19.2 Å². The molecule has 6 nitrogen and oxygen atoms in total. The molecule has 0 amide bonds. The van der Waals surface area contributed by atoms with E-state index < -0.39 is 10.0 Å². The lowest BCUT2D eigenvalue weighted by atomic mass is 10.0. The Labute approximate surface area is 127 Å². The van der Waals surface area contributed by atoms with E-state index in [1.807, 2.05) is 0 Å². The van der Waals surface area contributed by atoms with Gasteiger partial charge in [0.1, 0.15) is 4.90 Å². The van der Waals surface area contributed by atoms with Crippen molar-refractivity contribution >= 4 is 31.8 Å². The number of nitrogens with one attached hydrogen (secondary N) is 1. The van der Waals surface area contributed by atoms with E-state index in [-0.39, 0.29) is 10.7 Å².